The minimum absolute atomic E-state index is 0.0211. The summed E-state index contributed by atoms with van der Waals surface area (Å²) in [5.74, 6) is -0.902. The lowest BCUT2D eigenvalue weighted by Crippen LogP contribution is -2.39. The van der Waals surface area contributed by atoms with Crippen LogP contribution in [-0.4, -0.2) is 58.8 Å². The van der Waals surface area contributed by atoms with Gasteiger partial charge in [-0.25, -0.2) is 0 Å². The highest BCUT2D eigenvalue weighted by Gasteiger charge is 2.30. The molecule has 3 N–H and O–H groups in total. The average Bonchev–Trinajstić information content (AvgIpc) is 2.69. The van der Waals surface area contributed by atoms with E-state index in [-0.39, 0.29) is 19.6 Å². The molecule has 0 spiro atoms. The highest BCUT2D eigenvalue weighted by atomic mass is 16.3. The third-order valence-electron chi connectivity index (χ3n) is 2.99. The highest BCUT2D eigenvalue weighted by Crippen LogP contribution is 2.09. The Morgan fingerprint density at radius 3 is 2.32 bits per heavy atom. The molecular weight excluding hydrogens is 248 g/mol. The summed E-state index contributed by atoms with van der Waals surface area (Å²) < 4.78 is 0. The predicted octanol–water partition coefficient (Wildman–Crippen LogP) is -1.02. The molecule has 6 heteroatoms. The molecule has 1 aromatic rings. The fourth-order valence-corrected chi connectivity index (χ4v) is 2.01. The Morgan fingerprint density at radius 1 is 1.16 bits per heavy atom. The Kier molecular flexibility index (Phi) is 4.26. The van der Waals surface area contributed by atoms with E-state index in [1.807, 2.05) is 0 Å². The number of benzene rings is 1. The van der Waals surface area contributed by atoms with Crippen molar-refractivity contribution in [2.45, 2.75) is 12.2 Å². The van der Waals surface area contributed by atoms with Gasteiger partial charge in [-0.1, -0.05) is 18.2 Å². The lowest BCUT2D eigenvalue weighted by Gasteiger charge is -2.13. The van der Waals surface area contributed by atoms with E-state index in [2.05, 4.69) is 5.32 Å². The summed E-state index contributed by atoms with van der Waals surface area (Å²) in [5, 5.41) is 21.0. The van der Waals surface area contributed by atoms with Crippen molar-refractivity contribution in [1.29, 1.82) is 0 Å². The van der Waals surface area contributed by atoms with E-state index in [1.165, 1.54) is 0 Å². The van der Waals surface area contributed by atoms with Gasteiger partial charge in [0.25, 0.3) is 5.91 Å². The molecule has 2 amide bonds. The summed E-state index contributed by atoms with van der Waals surface area (Å²) in [6, 6.07) is 8.45. The predicted molar refractivity (Wildman–Crippen MR) is 67.4 cm³/mol. The summed E-state index contributed by atoms with van der Waals surface area (Å²) in [6.45, 7) is 0.439. The third-order valence-corrected chi connectivity index (χ3v) is 2.99. The monoisotopic (exact) mass is 264 g/mol. The van der Waals surface area contributed by atoms with Crippen LogP contribution in [0.4, 0.5) is 0 Å². The number of aliphatic hydroxyl groups is 2. The maximum absolute atomic E-state index is 11.7. The molecule has 0 bridgehead atoms. The zero-order valence-electron chi connectivity index (χ0n) is 10.3. The number of hydrogen-bond acceptors (Lipinski definition) is 5. The summed E-state index contributed by atoms with van der Waals surface area (Å²) in [4.78, 5) is 25.0. The van der Waals surface area contributed by atoms with Crippen molar-refractivity contribution in [2.75, 3.05) is 19.6 Å². The van der Waals surface area contributed by atoms with E-state index in [0.717, 1.165) is 0 Å². The number of carbonyl (C=O) groups excluding carboxylic acids is 2. The number of β-amino-alcohol motifs (C(OH)–C–C–N with tert-alkyl or cyclic N) is 2. The van der Waals surface area contributed by atoms with Crippen LogP contribution in [0.3, 0.4) is 0 Å². The number of aliphatic hydroxyl groups excluding tert-OH is 2. The van der Waals surface area contributed by atoms with Crippen LogP contribution < -0.4 is 5.32 Å². The summed E-state index contributed by atoms with van der Waals surface area (Å²) in [6.07, 6.45) is -1.67. The molecule has 1 heterocycles. The number of nitrogens with one attached hydrogen (secondary N) is 1. The molecule has 2 atom stereocenters. The van der Waals surface area contributed by atoms with Crippen LogP contribution in [0, 0.1) is 0 Å². The second-order valence-corrected chi connectivity index (χ2v) is 4.57. The van der Waals surface area contributed by atoms with Crippen LogP contribution in [0.15, 0.2) is 30.3 Å². The van der Waals surface area contributed by atoms with Crippen molar-refractivity contribution in [1.82, 2.24) is 10.2 Å². The van der Waals surface area contributed by atoms with Crippen LogP contribution in [-0.2, 0) is 4.79 Å². The number of hydrogen-bond donors (Lipinski definition) is 3. The van der Waals surface area contributed by atoms with Gasteiger partial charge < -0.3 is 10.2 Å². The normalized spacial score (nSPS) is 23.3. The lowest BCUT2D eigenvalue weighted by atomic mass is 10.2. The first-order valence-electron chi connectivity index (χ1n) is 6.04. The van der Waals surface area contributed by atoms with E-state index in [1.54, 1.807) is 35.2 Å². The molecule has 0 aliphatic carbocycles. The van der Waals surface area contributed by atoms with Gasteiger partial charge in [0.15, 0.2) is 0 Å². The van der Waals surface area contributed by atoms with E-state index in [4.69, 9.17) is 0 Å². The van der Waals surface area contributed by atoms with E-state index >= 15 is 0 Å². The standard InChI is InChI=1S/C13H16N2O4/c16-10-6-15(7-11(10)17)8-12(18)14-13(19)9-4-2-1-3-5-9/h1-5,10-11,16-17H,6-8H2,(H,14,18,19). The van der Waals surface area contributed by atoms with Crippen molar-refractivity contribution in [3.05, 3.63) is 35.9 Å². The minimum Gasteiger partial charge on any atom is -0.389 e. The van der Waals surface area contributed by atoms with Gasteiger partial charge in [0, 0.05) is 18.7 Å². The van der Waals surface area contributed by atoms with Crippen molar-refractivity contribution in [3.8, 4) is 0 Å². The molecule has 2 unspecified atom stereocenters. The van der Waals surface area contributed by atoms with Crippen LogP contribution in [0.1, 0.15) is 10.4 Å². The summed E-state index contributed by atoms with van der Waals surface area (Å²) >= 11 is 0. The maximum Gasteiger partial charge on any atom is 0.257 e. The van der Waals surface area contributed by atoms with E-state index in [9.17, 15) is 19.8 Å². The third kappa shape index (κ3) is 3.60. The quantitative estimate of drug-likeness (QED) is 0.650. The Balaban J connectivity index is 1.84. The second-order valence-electron chi connectivity index (χ2n) is 4.57. The molecule has 1 fully saturated rings. The molecule has 2 rings (SSSR count). The van der Waals surface area contributed by atoms with Crippen molar-refractivity contribution >= 4 is 11.8 Å². The van der Waals surface area contributed by atoms with Crippen LogP contribution in [0.5, 0.6) is 0 Å². The van der Waals surface area contributed by atoms with Crippen molar-refractivity contribution < 1.29 is 19.8 Å². The Hall–Kier alpha value is -1.76. The van der Waals surface area contributed by atoms with Gasteiger partial charge in [-0.2, -0.15) is 0 Å². The average molecular weight is 264 g/mol. The largest absolute Gasteiger partial charge is 0.389 e. The van der Waals surface area contributed by atoms with Gasteiger partial charge in [-0.05, 0) is 12.1 Å². The molecule has 0 radical (unpaired) electrons. The first-order chi connectivity index (χ1) is 9.06. The number of nitrogens with zero attached hydrogens (tertiary/aromatic N) is 1. The van der Waals surface area contributed by atoms with Gasteiger partial charge in [-0.15, -0.1) is 0 Å². The Morgan fingerprint density at radius 2 is 1.74 bits per heavy atom. The van der Waals surface area contributed by atoms with Crippen molar-refractivity contribution in [3.63, 3.8) is 0 Å². The fourth-order valence-electron chi connectivity index (χ4n) is 2.01. The van der Waals surface area contributed by atoms with Gasteiger partial charge >= 0.3 is 0 Å². The number of likely N-dealkylation sites (tertiary alicyclic amines) is 1. The zero-order chi connectivity index (χ0) is 13.8. The molecule has 6 nitrogen and oxygen atoms in total. The number of imide groups is 1. The molecule has 1 saturated heterocycles. The molecular formula is C13H16N2O4. The Labute approximate surface area is 110 Å². The highest BCUT2D eigenvalue weighted by molar-refractivity contribution is 6.05. The van der Waals surface area contributed by atoms with E-state index < -0.39 is 24.0 Å². The van der Waals surface area contributed by atoms with E-state index in [0.29, 0.717) is 5.56 Å². The molecule has 1 aromatic carbocycles. The molecule has 1 aliphatic rings. The number of amides is 2. The molecule has 19 heavy (non-hydrogen) atoms. The van der Waals surface area contributed by atoms with Gasteiger partial charge in [0.2, 0.25) is 5.91 Å². The second kappa shape index (κ2) is 5.92. The molecule has 102 valence electrons. The fraction of sp³-hybridized carbons (Fsp3) is 0.385. The first-order valence-corrected chi connectivity index (χ1v) is 6.04. The lowest BCUT2D eigenvalue weighted by molar-refractivity contribution is -0.121. The first kappa shape index (κ1) is 13.7. The number of rotatable bonds is 3. The minimum atomic E-state index is -0.836. The SMILES string of the molecule is O=C(CN1CC(O)C(O)C1)NC(=O)c1ccccc1. The van der Waals surface area contributed by atoms with Crippen molar-refractivity contribution in [2.24, 2.45) is 0 Å². The Bertz CT molecular complexity index is 453. The van der Waals surface area contributed by atoms with Crippen LogP contribution in [0.25, 0.3) is 0 Å². The molecule has 1 aliphatic heterocycles. The molecule has 0 aromatic heterocycles. The van der Waals surface area contributed by atoms with Gasteiger partial charge in [0.1, 0.15) is 0 Å². The summed E-state index contributed by atoms with van der Waals surface area (Å²) in [7, 11) is 0. The molecule has 0 saturated carbocycles. The van der Waals surface area contributed by atoms with Crippen LogP contribution in [0.2, 0.25) is 0 Å². The number of carbonyl (C=O) groups is 2. The van der Waals surface area contributed by atoms with Gasteiger partial charge in [-0.3, -0.25) is 19.8 Å². The maximum atomic E-state index is 11.7. The zero-order valence-corrected chi connectivity index (χ0v) is 10.3. The van der Waals surface area contributed by atoms with Crippen LogP contribution >= 0.6 is 0 Å². The topological polar surface area (TPSA) is 89.9 Å². The van der Waals surface area contributed by atoms with Gasteiger partial charge in [0.05, 0.1) is 18.8 Å². The summed E-state index contributed by atoms with van der Waals surface area (Å²) in [5.41, 5.74) is 0.414. The smallest absolute Gasteiger partial charge is 0.257 e.